The summed E-state index contributed by atoms with van der Waals surface area (Å²) in [5.74, 6) is -0.426. The molecule has 1 aromatic heterocycles. The van der Waals surface area contributed by atoms with Crippen LogP contribution in [0.4, 0.5) is 9.39 Å². The average molecular weight is 390 g/mol. The molecule has 0 fully saturated rings. The van der Waals surface area contributed by atoms with Crippen molar-refractivity contribution in [1.82, 2.24) is 5.32 Å². The lowest BCUT2D eigenvalue weighted by Gasteiger charge is -2.13. The summed E-state index contributed by atoms with van der Waals surface area (Å²) in [6.07, 6.45) is 4.81. The normalized spacial score (nSPS) is 13.0. The summed E-state index contributed by atoms with van der Waals surface area (Å²) >= 11 is 1.48. The van der Waals surface area contributed by atoms with Gasteiger partial charge >= 0.3 is 0 Å². The molecule has 1 aliphatic rings. The van der Waals surface area contributed by atoms with E-state index in [-0.39, 0.29) is 24.2 Å². The second kappa shape index (κ2) is 8.99. The number of fused-ring (bicyclic) bond motifs is 1. The van der Waals surface area contributed by atoms with E-state index in [4.69, 9.17) is 4.74 Å². The summed E-state index contributed by atoms with van der Waals surface area (Å²) in [5.41, 5.74) is 1.66. The number of benzene rings is 1. The number of hydrogen-bond donors (Lipinski definition) is 2. The maximum absolute atomic E-state index is 12.9. The van der Waals surface area contributed by atoms with Crippen molar-refractivity contribution in [2.45, 2.75) is 39.0 Å². The van der Waals surface area contributed by atoms with Crippen molar-refractivity contribution in [3.8, 4) is 5.75 Å². The number of anilines is 1. The molecule has 0 radical (unpaired) electrons. The van der Waals surface area contributed by atoms with Crippen LogP contribution in [0.5, 0.6) is 5.75 Å². The van der Waals surface area contributed by atoms with Crippen molar-refractivity contribution < 1.29 is 18.7 Å². The Kier molecular flexibility index (Phi) is 6.45. The molecule has 0 aliphatic heterocycles. The topological polar surface area (TPSA) is 67.4 Å². The zero-order chi connectivity index (χ0) is 19.2. The molecular formula is C20H23FN2O3S. The molecule has 1 heterocycles. The van der Waals surface area contributed by atoms with Gasteiger partial charge in [-0.1, -0.05) is 6.92 Å². The van der Waals surface area contributed by atoms with E-state index in [9.17, 15) is 14.0 Å². The highest BCUT2D eigenvalue weighted by Gasteiger charge is 2.26. The van der Waals surface area contributed by atoms with Crippen LogP contribution < -0.4 is 15.4 Å². The summed E-state index contributed by atoms with van der Waals surface area (Å²) in [7, 11) is 0. The number of halogens is 1. The maximum Gasteiger partial charge on any atom is 0.262 e. The van der Waals surface area contributed by atoms with Gasteiger partial charge in [0.2, 0.25) is 0 Å². The van der Waals surface area contributed by atoms with Crippen molar-refractivity contribution in [2.75, 3.05) is 18.5 Å². The number of carbonyl (C=O) groups excluding carboxylic acids is 2. The van der Waals surface area contributed by atoms with Gasteiger partial charge in [0.15, 0.2) is 6.61 Å². The fourth-order valence-electron chi connectivity index (χ4n) is 3.06. The highest BCUT2D eigenvalue weighted by molar-refractivity contribution is 7.17. The number of amides is 2. The van der Waals surface area contributed by atoms with Gasteiger partial charge in [-0.2, -0.15) is 0 Å². The van der Waals surface area contributed by atoms with Gasteiger partial charge in [0.05, 0.1) is 5.56 Å². The lowest BCUT2D eigenvalue weighted by Crippen LogP contribution is -2.27. The molecule has 3 rings (SSSR count). The molecule has 0 unspecified atom stereocenters. The summed E-state index contributed by atoms with van der Waals surface area (Å²) in [6.45, 7) is 2.40. The van der Waals surface area contributed by atoms with Gasteiger partial charge in [-0.25, -0.2) is 4.39 Å². The van der Waals surface area contributed by atoms with Crippen LogP contribution in [0, 0.1) is 5.82 Å². The van der Waals surface area contributed by atoms with E-state index in [2.05, 4.69) is 10.6 Å². The van der Waals surface area contributed by atoms with Gasteiger partial charge in [-0.15, -0.1) is 11.3 Å². The molecule has 0 saturated heterocycles. The molecule has 7 heteroatoms. The summed E-state index contributed by atoms with van der Waals surface area (Å²) in [6, 6.07) is 5.49. The monoisotopic (exact) mass is 390 g/mol. The first-order valence-corrected chi connectivity index (χ1v) is 10.0. The quantitative estimate of drug-likeness (QED) is 0.753. The molecule has 2 aromatic rings. The molecule has 144 valence electrons. The molecule has 2 amide bonds. The van der Waals surface area contributed by atoms with Crippen LogP contribution in [0.15, 0.2) is 24.3 Å². The van der Waals surface area contributed by atoms with Crippen LogP contribution in [-0.2, 0) is 17.6 Å². The smallest absolute Gasteiger partial charge is 0.262 e. The Labute approximate surface area is 161 Å². The molecule has 0 atom stereocenters. The molecule has 0 saturated carbocycles. The standard InChI is InChI=1S/C20H23FN2O3S/c1-2-11-22-19(25)18-15-5-3-4-6-16(15)27-20(18)23-17(24)12-26-14-9-7-13(21)8-10-14/h7-10H,2-6,11-12H2,1H3,(H,22,25)(H,23,24). The third-order valence-electron chi connectivity index (χ3n) is 4.37. The Hall–Kier alpha value is -2.41. The molecular weight excluding hydrogens is 367 g/mol. The highest BCUT2D eigenvalue weighted by atomic mass is 32.1. The van der Waals surface area contributed by atoms with Crippen LogP contribution in [0.1, 0.15) is 47.0 Å². The first-order chi connectivity index (χ1) is 13.1. The third kappa shape index (κ3) is 4.86. The highest BCUT2D eigenvalue weighted by Crippen LogP contribution is 2.38. The van der Waals surface area contributed by atoms with E-state index in [1.807, 2.05) is 6.92 Å². The van der Waals surface area contributed by atoms with Crippen LogP contribution in [-0.4, -0.2) is 25.0 Å². The van der Waals surface area contributed by atoms with Crippen LogP contribution in [0.25, 0.3) is 0 Å². The van der Waals surface area contributed by atoms with Gasteiger partial charge < -0.3 is 15.4 Å². The molecule has 0 spiro atoms. The largest absolute Gasteiger partial charge is 0.484 e. The summed E-state index contributed by atoms with van der Waals surface area (Å²) in [5, 5.41) is 6.32. The second-order valence-corrected chi connectivity index (χ2v) is 7.57. The van der Waals surface area contributed by atoms with Crippen LogP contribution in [0.3, 0.4) is 0 Å². The number of carbonyl (C=O) groups is 2. The average Bonchev–Trinajstić information content (AvgIpc) is 3.03. The molecule has 5 nitrogen and oxygen atoms in total. The van der Waals surface area contributed by atoms with E-state index in [1.54, 1.807) is 0 Å². The van der Waals surface area contributed by atoms with Gasteiger partial charge in [0.1, 0.15) is 16.6 Å². The van der Waals surface area contributed by atoms with Gasteiger partial charge in [-0.3, -0.25) is 9.59 Å². The van der Waals surface area contributed by atoms with Crippen molar-refractivity contribution in [2.24, 2.45) is 0 Å². The minimum atomic E-state index is -0.362. The fraction of sp³-hybridized carbons (Fsp3) is 0.400. The molecule has 1 aromatic carbocycles. The van der Waals surface area contributed by atoms with Crippen molar-refractivity contribution in [3.63, 3.8) is 0 Å². The first kappa shape index (κ1) is 19.4. The Morgan fingerprint density at radius 2 is 1.93 bits per heavy atom. The van der Waals surface area contributed by atoms with Gasteiger partial charge in [-0.05, 0) is 61.9 Å². The predicted molar refractivity (Wildman–Crippen MR) is 104 cm³/mol. The first-order valence-electron chi connectivity index (χ1n) is 9.19. The van der Waals surface area contributed by atoms with Crippen molar-refractivity contribution in [1.29, 1.82) is 0 Å². The number of ether oxygens (including phenoxy) is 1. The second-order valence-electron chi connectivity index (χ2n) is 6.46. The van der Waals surface area contributed by atoms with Crippen molar-refractivity contribution in [3.05, 3.63) is 46.1 Å². The van der Waals surface area contributed by atoms with E-state index >= 15 is 0 Å². The lowest BCUT2D eigenvalue weighted by molar-refractivity contribution is -0.118. The molecule has 27 heavy (non-hydrogen) atoms. The maximum atomic E-state index is 12.9. The van der Waals surface area contributed by atoms with E-state index in [0.717, 1.165) is 37.7 Å². The zero-order valence-corrected chi connectivity index (χ0v) is 16.1. The van der Waals surface area contributed by atoms with E-state index in [1.165, 1.54) is 40.5 Å². The molecule has 2 N–H and O–H groups in total. The Balaban J connectivity index is 1.71. The number of thiophene rings is 1. The Morgan fingerprint density at radius 3 is 2.67 bits per heavy atom. The number of nitrogens with one attached hydrogen (secondary N) is 2. The molecule has 1 aliphatic carbocycles. The predicted octanol–water partition coefficient (Wildman–Crippen LogP) is 3.92. The van der Waals surface area contributed by atoms with Crippen LogP contribution >= 0.6 is 11.3 Å². The van der Waals surface area contributed by atoms with E-state index < -0.39 is 0 Å². The third-order valence-corrected chi connectivity index (χ3v) is 5.58. The molecule has 0 bridgehead atoms. The van der Waals surface area contributed by atoms with E-state index in [0.29, 0.717) is 22.9 Å². The number of hydrogen-bond acceptors (Lipinski definition) is 4. The minimum absolute atomic E-state index is 0.133. The lowest BCUT2D eigenvalue weighted by atomic mass is 9.95. The van der Waals surface area contributed by atoms with Crippen molar-refractivity contribution >= 4 is 28.2 Å². The number of rotatable bonds is 7. The summed E-state index contributed by atoms with van der Waals surface area (Å²) in [4.78, 5) is 26.1. The Morgan fingerprint density at radius 1 is 1.19 bits per heavy atom. The van der Waals surface area contributed by atoms with Gasteiger partial charge in [0.25, 0.3) is 11.8 Å². The fourth-order valence-corrected chi connectivity index (χ4v) is 4.37. The zero-order valence-electron chi connectivity index (χ0n) is 15.3. The van der Waals surface area contributed by atoms with Crippen LogP contribution in [0.2, 0.25) is 0 Å². The summed E-state index contributed by atoms with van der Waals surface area (Å²) < 4.78 is 18.3. The minimum Gasteiger partial charge on any atom is -0.484 e. The SMILES string of the molecule is CCCNC(=O)c1c(NC(=O)COc2ccc(F)cc2)sc2c1CCCC2. The van der Waals surface area contributed by atoms with Gasteiger partial charge in [0, 0.05) is 11.4 Å². The Bertz CT molecular complexity index is 817. The number of aryl methyl sites for hydroxylation is 1.